The highest BCUT2D eigenvalue weighted by Crippen LogP contribution is 2.35. The summed E-state index contributed by atoms with van der Waals surface area (Å²) in [6, 6.07) is 0. The largest absolute Gasteiger partial charge is 0.393 e. The van der Waals surface area contributed by atoms with Gasteiger partial charge in [-0.05, 0) is 19.8 Å². The van der Waals surface area contributed by atoms with Gasteiger partial charge >= 0.3 is 0 Å². The van der Waals surface area contributed by atoms with Gasteiger partial charge < -0.3 is 9.63 Å². The van der Waals surface area contributed by atoms with E-state index in [-0.39, 0.29) is 5.92 Å². The number of rotatable bonds is 3. The predicted octanol–water partition coefficient (Wildman–Crippen LogP) is 1.82. The Hall–Kier alpha value is -0.900. The minimum atomic E-state index is -0.440. The summed E-state index contributed by atoms with van der Waals surface area (Å²) in [5.74, 6) is 1.80. The van der Waals surface area contributed by atoms with Crippen LogP contribution in [0.4, 0.5) is 0 Å². The number of aliphatic hydroxyl groups is 1. The van der Waals surface area contributed by atoms with E-state index in [2.05, 4.69) is 10.1 Å². The molecule has 1 aromatic rings. The van der Waals surface area contributed by atoms with E-state index >= 15 is 0 Å². The Labute approximate surface area is 83.3 Å². The van der Waals surface area contributed by atoms with Gasteiger partial charge in [-0.15, -0.1) is 0 Å². The minimum absolute atomic E-state index is 0.0728. The fourth-order valence-corrected chi connectivity index (χ4v) is 1.47. The third kappa shape index (κ3) is 1.66. The molecule has 14 heavy (non-hydrogen) atoms. The molecular formula is C10H16N2O2. The smallest absolute Gasteiger partial charge is 0.232 e. The molecule has 1 aliphatic carbocycles. The Balaban J connectivity index is 2.08. The first kappa shape index (κ1) is 9.65. The zero-order chi connectivity index (χ0) is 10.1. The molecule has 0 aromatic carbocycles. The Morgan fingerprint density at radius 1 is 1.43 bits per heavy atom. The SMILES string of the molecule is CC(O)C(C)c1nc(C2CCC2)no1. The van der Waals surface area contributed by atoms with Crippen molar-refractivity contribution in [1.82, 2.24) is 10.1 Å². The second-order valence-electron chi connectivity index (χ2n) is 4.15. The molecule has 1 aliphatic rings. The van der Waals surface area contributed by atoms with Gasteiger partial charge in [-0.1, -0.05) is 18.5 Å². The van der Waals surface area contributed by atoms with Crippen LogP contribution in [0.3, 0.4) is 0 Å². The highest BCUT2D eigenvalue weighted by atomic mass is 16.5. The number of hydrogen-bond donors (Lipinski definition) is 1. The number of aliphatic hydroxyl groups excluding tert-OH is 1. The Kier molecular flexibility index (Phi) is 2.54. The molecule has 0 saturated heterocycles. The lowest BCUT2D eigenvalue weighted by Gasteiger charge is -2.21. The summed E-state index contributed by atoms with van der Waals surface area (Å²) >= 11 is 0. The fraction of sp³-hybridized carbons (Fsp3) is 0.800. The maximum atomic E-state index is 9.37. The van der Waals surface area contributed by atoms with Gasteiger partial charge in [-0.25, -0.2) is 0 Å². The normalized spacial score (nSPS) is 21.6. The molecule has 0 bridgehead atoms. The molecule has 2 atom stereocenters. The van der Waals surface area contributed by atoms with E-state index in [0.717, 1.165) is 5.82 Å². The fourth-order valence-electron chi connectivity index (χ4n) is 1.47. The summed E-state index contributed by atoms with van der Waals surface area (Å²) < 4.78 is 5.12. The number of nitrogens with zero attached hydrogens (tertiary/aromatic N) is 2. The number of hydrogen-bond acceptors (Lipinski definition) is 4. The Morgan fingerprint density at radius 3 is 2.64 bits per heavy atom. The van der Waals surface area contributed by atoms with Crippen LogP contribution in [0.25, 0.3) is 0 Å². The standard InChI is InChI=1S/C10H16N2O2/c1-6(7(2)13)10-11-9(12-14-10)8-4-3-5-8/h6-8,13H,3-5H2,1-2H3. The lowest BCUT2D eigenvalue weighted by molar-refractivity contribution is 0.151. The first-order valence-corrected chi connectivity index (χ1v) is 5.20. The summed E-state index contributed by atoms with van der Waals surface area (Å²) in [5.41, 5.74) is 0. The number of aromatic nitrogens is 2. The Morgan fingerprint density at radius 2 is 2.14 bits per heavy atom. The van der Waals surface area contributed by atoms with Crippen molar-refractivity contribution in [2.75, 3.05) is 0 Å². The molecule has 78 valence electrons. The molecule has 4 nitrogen and oxygen atoms in total. The molecule has 2 rings (SSSR count). The van der Waals surface area contributed by atoms with E-state index in [1.54, 1.807) is 6.92 Å². The molecule has 4 heteroatoms. The van der Waals surface area contributed by atoms with Gasteiger partial charge in [0.05, 0.1) is 12.0 Å². The summed E-state index contributed by atoms with van der Waals surface area (Å²) in [5, 5.41) is 13.3. The van der Waals surface area contributed by atoms with Crippen LogP contribution in [0.2, 0.25) is 0 Å². The molecule has 0 aliphatic heterocycles. The van der Waals surface area contributed by atoms with Crippen LogP contribution in [0.5, 0.6) is 0 Å². The third-order valence-corrected chi connectivity index (χ3v) is 3.04. The first-order chi connectivity index (χ1) is 6.68. The molecule has 1 saturated carbocycles. The van der Waals surface area contributed by atoms with Gasteiger partial charge in [-0.3, -0.25) is 0 Å². The monoisotopic (exact) mass is 196 g/mol. The van der Waals surface area contributed by atoms with Crippen molar-refractivity contribution in [3.05, 3.63) is 11.7 Å². The topological polar surface area (TPSA) is 59.2 Å². The van der Waals surface area contributed by atoms with E-state index in [4.69, 9.17) is 4.52 Å². The van der Waals surface area contributed by atoms with Crippen LogP contribution in [-0.4, -0.2) is 21.4 Å². The molecule has 0 radical (unpaired) electrons. The van der Waals surface area contributed by atoms with Gasteiger partial charge in [0.25, 0.3) is 0 Å². The second-order valence-corrected chi connectivity index (χ2v) is 4.15. The van der Waals surface area contributed by atoms with Crippen molar-refractivity contribution in [1.29, 1.82) is 0 Å². The van der Waals surface area contributed by atoms with Crippen molar-refractivity contribution in [3.63, 3.8) is 0 Å². The summed E-state index contributed by atoms with van der Waals surface area (Å²) in [6.45, 7) is 3.63. The highest BCUT2D eigenvalue weighted by Gasteiger charge is 2.26. The van der Waals surface area contributed by atoms with E-state index in [1.165, 1.54) is 19.3 Å². The van der Waals surface area contributed by atoms with Crippen molar-refractivity contribution >= 4 is 0 Å². The molecular weight excluding hydrogens is 180 g/mol. The Bertz CT molecular complexity index is 305. The highest BCUT2D eigenvalue weighted by molar-refractivity contribution is 5.02. The summed E-state index contributed by atoms with van der Waals surface area (Å²) in [7, 11) is 0. The van der Waals surface area contributed by atoms with Crippen LogP contribution in [0, 0.1) is 0 Å². The van der Waals surface area contributed by atoms with Crippen molar-refractivity contribution < 1.29 is 9.63 Å². The predicted molar refractivity (Wildman–Crippen MR) is 51.0 cm³/mol. The van der Waals surface area contributed by atoms with Crippen LogP contribution in [-0.2, 0) is 0 Å². The average molecular weight is 196 g/mol. The van der Waals surface area contributed by atoms with Gasteiger partial charge in [-0.2, -0.15) is 4.98 Å². The maximum absolute atomic E-state index is 9.37. The van der Waals surface area contributed by atoms with Gasteiger partial charge in [0.15, 0.2) is 5.82 Å². The third-order valence-electron chi connectivity index (χ3n) is 3.04. The average Bonchev–Trinajstić information content (AvgIpc) is 2.48. The van der Waals surface area contributed by atoms with Crippen molar-refractivity contribution in [2.24, 2.45) is 0 Å². The van der Waals surface area contributed by atoms with E-state index < -0.39 is 6.10 Å². The quantitative estimate of drug-likeness (QED) is 0.801. The van der Waals surface area contributed by atoms with Crippen LogP contribution in [0.15, 0.2) is 4.52 Å². The van der Waals surface area contributed by atoms with Crippen LogP contribution in [0.1, 0.15) is 56.7 Å². The second kappa shape index (κ2) is 3.69. The van der Waals surface area contributed by atoms with Crippen molar-refractivity contribution in [2.45, 2.75) is 51.0 Å². The lowest BCUT2D eigenvalue weighted by atomic mass is 9.85. The molecule has 2 unspecified atom stereocenters. The first-order valence-electron chi connectivity index (χ1n) is 5.20. The summed E-state index contributed by atoms with van der Waals surface area (Å²) in [4.78, 5) is 4.32. The maximum Gasteiger partial charge on any atom is 0.232 e. The van der Waals surface area contributed by atoms with Gasteiger partial charge in [0.2, 0.25) is 5.89 Å². The van der Waals surface area contributed by atoms with Crippen molar-refractivity contribution in [3.8, 4) is 0 Å². The van der Waals surface area contributed by atoms with Crippen LogP contribution < -0.4 is 0 Å². The van der Waals surface area contributed by atoms with E-state index in [0.29, 0.717) is 11.8 Å². The van der Waals surface area contributed by atoms with Gasteiger partial charge in [0, 0.05) is 5.92 Å². The molecule has 1 heterocycles. The molecule has 1 fully saturated rings. The molecule has 1 aromatic heterocycles. The lowest BCUT2D eigenvalue weighted by Crippen LogP contribution is -2.13. The minimum Gasteiger partial charge on any atom is -0.393 e. The molecule has 1 N–H and O–H groups in total. The molecule has 0 spiro atoms. The van der Waals surface area contributed by atoms with Crippen LogP contribution >= 0.6 is 0 Å². The summed E-state index contributed by atoms with van der Waals surface area (Å²) in [6.07, 6.45) is 3.16. The zero-order valence-electron chi connectivity index (χ0n) is 8.60. The molecule has 0 amide bonds. The van der Waals surface area contributed by atoms with E-state index in [1.807, 2.05) is 6.92 Å². The van der Waals surface area contributed by atoms with Gasteiger partial charge in [0.1, 0.15) is 0 Å². The zero-order valence-corrected chi connectivity index (χ0v) is 8.60. The van der Waals surface area contributed by atoms with E-state index in [9.17, 15) is 5.11 Å².